The van der Waals surface area contributed by atoms with E-state index in [9.17, 15) is 5.11 Å². The molecule has 0 saturated heterocycles. The maximum atomic E-state index is 9.56. The molecule has 4 nitrogen and oxygen atoms in total. The Morgan fingerprint density at radius 2 is 1.80 bits per heavy atom. The summed E-state index contributed by atoms with van der Waals surface area (Å²) in [4.78, 5) is 4.10. The third-order valence-electron chi connectivity index (χ3n) is 2.49. The lowest BCUT2D eigenvalue weighted by Gasteiger charge is -2.23. The van der Waals surface area contributed by atoms with Crippen LogP contribution in [0.5, 0.6) is 0 Å². The lowest BCUT2D eigenvalue weighted by molar-refractivity contribution is 0.197. The number of likely N-dealkylation sites (N-methyl/N-ethyl adjacent to an activating group) is 2. The Morgan fingerprint density at radius 3 is 2.27 bits per heavy atom. The van der Waals surface area contributed by atoms with Gasteiger partial charge in [0.15, 0.2) is 5.88 Å². The van der Waals surface area contributed by atoms with Gasteiger partial charge in [0.1, 0.15) is 0 Å². The molecule has 0 aliphatic rings. The first-order valence-corrected chi connectivity index (χ1v) is 5.59. The van der Waals surface area contributed by atoms with Gasteiger partial charge in [-0.2, -0.15) is 0 Å². The highest BCUT2D eigenvalue weighted by Gasteiger charge is 2.04. The lowest BCUT2D eigenvalue weighted by Crippen LogP contribution is -2.32. The molecule has 15 heavy (non-hydrogen) atoms. The van der Waals surface area contributed by atoms with E-state index in [-0.39, 0.29) is 12.5 Å². The Morgan fingerprint density at radius 1 is 1.20 bits per heavy atom. The van der Waals surface area contributed by atoms with E-state index in [0.29, 0.717) is 6.42 Å². The maximum Gasteiger partial charge on any atom is 0.182 e. The van der Waals surface area contributed by atoms with Gasteiger partial charge < -0.3 is 20.0 Å². The molecule has 0 rings (SSSR count). The second-order valence-corrected chi connectivity index (χ2v) is 3.52. The zero-order valence-corrected chi connectivity index (χ0v) is 10.1. The van der Waals surface area contributed by atoms with Gasteiger partial charge in [0.05, 0.1) is 0 Å². The predicted molar refractivity (Wildman–Crippen MR) is 62.8 cm³/mol. The highest BCUT2D eigenvalue weighted by atomic mass is 16.3. The molecule has 0 aliphatic carbocycles. The highest BCUT2D eigenvalue weighted by molar-refractivity contribution is 4.89. The van der Waals surface area contributed by atoms with Gasteiger partial charge in [-0.25, -0.2) is 0 Å². The van der Waals surface area contributed by atoms with Crippen molar-refractivity contribution in [2.24, 2.45) is 0 Å². The van der Waals surface area contributed by atoms with Gasteiger partial charge in [-0.15, -0.1) is 0 Å². The molecule has 90 valence electrons. The van der Waals surface area contributed by atoms with E-state index in [0.717, 1.165) is 26.2 Å². The first kappa shape index (κ1) is 14.3. The minimum atomic E-state index is 0.0773. The average molecular weight is 216 g/mol. The fourth-order valence-electron chi connectivity index (χ4n) is 1.30. The van der Waals surface area contributed by atoms with E-state index in [1.165, 1.54) is 0 Å². The summed E-state index contributed by atoms with van der Waals surface area (Å²) in [6, 6.07) is 0. The van der Waals surface area contributed by atoms with Crippen LogP contribution in [0.4, 0.5) is 0 Å². The molecule has 4 heteroatoms. The van der Waals surface area contributed by atoms with Gasteiger partial charge in [0, 0.05) is 26.7 Å². The fourth-order valence-corrected chi connectivity index (χ4v) is 1.30. The molecule has 0 aromatic heterocycles. The quantitative estimate of drug-likeness (QED) is 0.595. The van der Waals surface area contributed by atoms with E-state index in [2.05, 4.69) is 18.7 Å². The van der Waals surface area contributed by atoms with E-state index in [4.69, 9.17) is 5.11 Å². The number of hydrogen-bond donors (Lipinski definition) is 2. The normalized spacial score (nSPS) is 12.2. The molecule has 0 atom stereocenters. The summed E-state index contributed by atoms with van der Waals surface area (Å²) in [6.45, 7) is 8.15. The molecular weight excluding hydrogens is 192 g/mol. The summed E-state index contributed by atoms with van der Waals surface area (Å²) in [7, 11) is 1.85. The van der Waals surface area contributed by atoms with Crippen LogP contribution < -0.4 is 0 Å². The molecular formula is C11H24N2O2. The summed E-state index contributed by atoms with van der Waals surface area (Å²) in [5.41, 5.74) is 0. The molecule has 0 aromatic carbocycles. The smallest absolute Gasteiger partial charge is 0.182 e. The molecule has 0 spiro atoms. The summed E-state index contributed by atoms with van der Waals surface area (Å²) >= 11 is 0. The summed E-state index contributed by atoms with van der Waals surface area (Å²) < 4.78 is 0. The minimum absolute atomic E-state index is 0.0773. The minimum Gasteiger partial charge on any atom is -0.495 e. The third kappa shape index (κ3) is 6.36. The van der Waals surface area contributed by atoms with Gasteiger partial charge in [0.25, 0.3) is 0 Å². The van der Waals surface area contributed by atoms with Crippen LogP contribution in [0.25, 0.3) is 0 Å². The Labute approximate surface area is 92.8 Å². The topological polar surface area (TPSA) is 46.9 Å². The molecule has 2 N–H and O–H groups in total. The summed E-state index contributed by atoms with van der Waals surface area (Å²) in [5.74, 6) is 0.246. The molecule has 0 heterocycles. The Bertz CT molecular complexity index is 179. The van der Waals surface area contributed by atoms with Gasteiger partial charge in [-0.3, -0.25) is 0 Å². The van der Waals surface area contributed by atoms with E-state index in [1.54, 1.807) is 11.0 Å². The Hall–Kier alpha value is -0.740. The number of hydrogen-bond acceptors (Lipinski definition) is 4. The molecule has 0 bridgehead atoms. The largest absolute Gasteiger partial charge is 0.495 e. The number of aliphatic hydroxyl groups excluding tert-OH is 2. The molecule has 0 aliphatic heterocycles. The van der Waals surface area contributed by atoms with Crippen LogP contribution in [0, 0.1) is 0 Å². The van der Waals surface area contributed by atoms with Crippen molar-refractivity contribution in [2.75, 3.05) is 39.8 Å². The summed E-state index contributed by atoms with van der Waals surface area (Å²) in [5, 5.41) is 18.2. The molecule has 0 aromatic rings. The van der Waals surface area contributed by atoms with Crippen LogP contribution in [0.15, 0.2) is 12.0 Å². The average Bonchev–Trinajstić information content (AvgIpc) is 2.26. The SMILES string of the molecule is CCN(CC)CCN(C)/C(O)=C\CCO. The first-order chi connectivity index (χ1) is 7.15. The highest BCUT2D eigenvalue weighted by Crippen LogP contribution is 1.99. The Balaban J connectivity index is 3.85. The monoisotopic (exact) mass is 216 g/mol. The number of nitrogens with zero attached hydrogens (tertiary/aromatic N) is 2. The van der Waals surface area contributed by atoms with Crippen molar-refractivity contribution in [3.63, 3.8) is 0 Å². The maximum absolute atomic E-state index is 9.56. The van der Waals surface area contributed by atoms with Gasteiger partial charge in [-0.05, 0) is 25.6 Å². The van der Waals surface area contributed by atoms with Crippen molar-refractivity contribution in [2.45, 2.75) is 20.3 Å². The van der Waals surface area contributed by atoms with Gasteiger partial charge >= 0.3 is 0 Å². The third-order valence-corrected chi connectivity index (χ3v) is 2.49. The van der Waals surface area contributed by atoms with E-state index < -0.39 is 0 Å². The van der Waals surface area contributed by atoms with Crippen molar-refractivity contribution in [3.8, 4) is 0 Å². The van der Waals surface area contributed by atoms with E-state index in [1.807, 2.05) is 7.05 Å². The number of rotatable bonds is 8. The lowest BCUT2D eigenvalue weighted by atomic mass is 10.4. The summed E-state index contributed by atoms with van der Waals surface area (Å²) in [6.07, 6.45) is 2.14. The first-order valence-electron chi connectivity index (χ1n) is 5.59. The van der Waals surface area contributed by atoms with Crippen molar-refractivity contribution in [1.29, 1.82) is 0 Å². The van der Waals surface area contributed by atoms with Crippen molar-refractivity contribution >= 4 is 0 Å². The standard InChI is InChI=1S/C11H24N2O2/c1-4-13(5-2)9-8-12(3)11(15)7-6-10-14/h7,14-15H,4-6,8-10H2,1-3H3/b11-7+. The van der Waals surface area contributed by atoms with Crippen molar-refractivity contribution in [3.05, 3.63) is 12.0 Å². The molecule has 0 radical (unpaired) electrons. The molecule has 0 amide bonds. The fraction of sp³-hybridized carbons (Fsp3) is 0.818. The molecule has 0 fully saturated rings. The molecule has 0 unspecified atom stereocenters. The van der Waals surface area contributed by atoms with Crippen LogP contribution in [0.3, 0.4) is 0 Å². The second kappa shape index (κ2) is 8.56. The predicted octanol–water partition coefficient (Wildman–Crippen LogP) is 1.04. The second-order valence-electron chi connectivity index (χ2n) is 3.52. The van der Waals surface area contributed by atoms with Crippen molar-refractivity contribution < 1.29 is 10.2 Å². The van der Waals surface area contributed by atoms with E-state index >= 15 is 0 Å². The number of aliphatic hydroxyl groups is 2. The van der Waals surface area contributed by atoms with Crippen LogP contribution in [-0.4, -0.2) is 59.8 Å². The van der Waals surface area contributed by atoms with Crippen LogP contribution in [0.1, 0.15) is 20.3 Å². The van der Waals surface area contributed by atoms with Crippen LogP contribution in [0.2, 0.25) is 0 Å². The zero-order valence-electron chi connectivity index (χ0n) is 10.1. The molecule has 0 saturated carbocycles. The van der Waals surface area contributed by atoms with Gasteiger partial charge in [0.2, 0.25) is 0 Å². The zero-order chi connectivity index (χ0) is 11.7. The van der Waals surface area contributed by atoms with Gasteiger partial charge in [-0.1, -0.05) is 13.8 Å². The van der Waals surface area contributed by atoms with Crippen molar-refractivity contribution in [1.82, 2.24) is 9.80 Å². The van der Waals surface area contributed by atoms with Crippen LogP contribution >= 0.6 is 0 Å². The Kier molecular flexibility index (Phi) is 8.14. The van der Waals surface area contributed by atoms with Crippen LogP contribution in [-0.2, 0) is 0 Å².